The van der Waals surface area contributed by atoms with Crippen LogP contribution in [-0.4, -0.2) is 201 Å². The van der Waals surface area contributed by atoms with Crippen molar-refractivity contribution < 1.29 is 94.6 Å². The van der Waals surface area contributed by atoms with Crippen molar-refractivity contribution >= 4 is 65.2 Å². The molecule has 0 saturated carbocycles. The van der Waals surface area contributed by atoms with Gasteiger partial charge in [0.1, 0.15) is 36.3 Å². The molecule has 2 aromatic carbocycles. The first kappa shape index (κ1) is 64.7. The van der Waals surface area contributed by atoms with E-state index in [-0.39, 0.29) is 89.9 Å². The fourth-order valence-corrected chi connectivity index (χ4v) is 8.04. The SMILES string of the molecule is N/C(=C\N(N)CCOCCOCCOCCOCCC(=O)Oc1c(F)cc(F)cc1F)COCCOCCOCCOCCN(Cc1c(Cl)cccc1Cl)c1nc(Cl)nc2c1cnn2[C@@H]1O[C@H](COCP(=O)(O)O)[C@@H](O)[C@H]1O. The smallest absolute Gasteiger partial charge is 0.350 e. The van der Waals surface area contributed by atoms with Gasteiger partial charge in [0.15, 0.2) is 23.5 Å². The van der Waals surface area contributed by atoms with Crippen LogP contribution in [0.5, 0.6) is 5.75 Å². The number of aromatic nitrogens is 4. The molecule has 4 atom stereocenters. The Morgan fingerprint density at radius 1 is 0.769 bits per heavy atom. The average Bonchev–Trinajstić information content (AvgIpc) is 4.01. The van der Waals surface area contributed by atoms with Gasteiger partial charge in [-0.15, -0.1) is 0 Å². The first-order chi connectivity index (χ1) is 37.4. The number of hydrogen-bond donors (Lipinski definition) is 6. The van der Waals surface area contributed by atoms with Crippen LogP contribution in [0.2, 0.25) is 15.3 Å². The van der Waals surface area contributed by atoms with E-state index < -0.39 is 74.3 Å². The molecular formula is C46H63Cl3F3N8O17P. The van der Waals surface area contributed by atoms with Gasteiger partial charge in [0, 0.05) is 47.0 Å². The highest BCUT2D eigenvalue weighted by Crippen LogP contribution is 2.37. The number of rotatable bonds is 39. The quantitative estimate of drug-likeness (QED) is 0.00711. The number of hydrogen-bond acceptors (Lipinski definition) is 22. The Balaban J connectivity index is 0.881. The maximum atomic E-state index is 13.6. The number of carbonyl (C=O) groups is 1. The number of aliphatic hydroxyl groups excluding tert-OH is 2. The number of hydrazine groups is 1. The summed E-state index contributed by atoms with van der Waals surface area (Å²) in [6.07, 6.45) is -3.63. The maximum Gasteiger partial charge on any atom is 0.350 e. The summed E-state index contributed by atoms with van der Waals surface area (Å²) >= 11 is 19.6. The van der Waals surface area contributed by atoms with E-state index in [0.717, 1.165) is 0 Å². The van der Waals surface area contributed by atoms with E-state index in [1.807, 2.05) is 4.90 Å². The van der Waals surface area contributed by atoms with Gasteiger partial charge in [0.2, 0.25) is 11.0 Å². The lowest BCUT2D eigenvalue weighted by Crippen LogP contribution is -2.34. The summed E-state index contributed by atoms with van der Waals surface area (Å²) in [6, 6.07) is 5.93. The number of fused-ring (bicyclic) bond motifs is 1. The second-order valence-electron chi connectivity index (χ2n) is 16.7. The Bertz CT molecular complexity index is 2510. The largest absolute Gasteiger partial charge is 0.420 e. The Morgan fingerprint density at radius 2 is 1.31 bits per heavy atom. The molecule has 4 aromatic rings. The van der Waals surface area contributed by atoms with Crippen LogP contribution in [0, 0.1) is 17.5 Å². The van der Waals surface area contributed by atoms with E-state index in [1.54, 1.807) is 18.2 Å². The molecule has 0 unspecified atom stereocenters. The highest BCUT2D eigenvalue weighted by atomic mass is 35.5. The van der Waals surface area contributed by atoms with Crippen LogP contribution in [0.1, 0.15) is 18.2 Å². The Labute approximate surface area is 461 Å². The summed E-state index contributed by atoms with van der Waals surface area (Å²) in [5.74, 6) is 0.613. The van der Waals surface area contributed by atoms with Gasteiger partial charge in [-0.25, -0.2) is 23.7 Å². The lowest BCUT2D eigenvalue weighted by atomic mass is 10.1. The molecule has 1 saturated heterocycles. The zero-order valence-corrected chi connectivity index (χ0v) is 45.2. The first-order valence-electron chi connectivity index (χ1n) is 24.1. The normalized spacial score (nSPS) is 16.9. The summed E-state index contributed by atoms with van der Waals surface area (Å²) in [4.78, 5) is 40.6. The Kier molecular flexibility index (Phi) is 28.4. The number of nitrogens with zero attached hydrogens (tertiary/aromatic N) is 6. The monoisotopic (exact) mass is 1190 g/mol. The minimum Gasteiger partial charge on any atom is -0.420 e. The van der Waals surface area contributed by atoms with Gasteiger partial charge in [0.25, 0.3) is 0 Å². The van der Waals surface area contributed by atoms with E-state index in [1.165, 1.54) is 22.1 Å². The summed E-state index contributed by atoms with van der Waals surface area (Å²) in [5, 5.41) is 28.3. The fourth-order valence-electron chi connectivity index (χ4n) is 7.02. The molecular weight excluding hydrogens is 1130 g/mol. The van der Waals surface area contributed by atoms with Crippen LogP contribution in [0.15, 0.2) is 48.4 Å². The van der Waals surface area contributed by atoms with Crippen molar-refractivity contribution in [2.75, 3.05) is 137 Å². The molecule has 1 aliphatic heterocycles. The zero-order valence-electron chi connectivity index (χ0n) is 42.1. The number of carbonyl (C=O) groups excluding carboxylic acids is 1. The fraction of sp³-hybridized carbons (Fsp3) is 0.565. The standard InChI is InChI=1S/C46H63Cl3F3N8O17P/c47-34-2-1-3-35(48)33(34)26-58(43-32-24-55-60(44(32)57-46(49)56-43)45-41(63)40(62)38(76-45)28-75-29-78(64,65)66)5-8-68-11-14-71-18-19-73-20-21-74-27-31(53)25-59(54)6-9-69-12-15-72-17-16-70-13-10-67-7-4-39(61)77-42-36(51)22-30(50)23-37(42)52/h1-3,22-25,38,40-41,45,62-63H,4-21,26-29,53-54H2,(H2,64,65,66)/b31-25-/t38-,40-,41-,45-/m1/s1. The molecule has 1 fully saturated rings. The molecule has 25 nitrogen and oxygen atoms in total. The van der Waals surface area contributed by atoms with Crippen molar-refractivity contribution in [1.82, 2.24) is 24.8 Å². The second-order valence-corrected chi connectivity index (χ2v) is 19.4. The van der Waals surface area contributed by atoms with Crippen molar-refractivity contribution in [1.29, 1.82) is 0 Å². The highest BCUT2D eigenvalue weighted by molar-refractivity contribution is 7.51. The topological polar surface area (TPSA) is 319 Å². The van der Waals surface area contributed by atoms with Crippen molar-refractivity contribution in [2.45, 2.75) is 37.5 Å². The molecule has 3 heterocycles. The Morgan fingerprint density at radius 3 is 1.88 bits per heavy atom. The third-order valence-corrected chi connectivity index (χ3v) is 12.1. The van der Waals surface area contributed by atoms with E-state index in [2.05, 4.69) is 19.8 Å². The molecule has 2 aromatic heterocycles. The molecule has 5 rings (SSSR count). The van der Waals surface area contributed by atoms with Gasteiger partial charge in [-0.1, -0.05) is 29.3 Å². The molecule has 0 spiro atoms. The van der Waals surface area contributed by atoms with E-state index >= 15 is 0 Å². The minimum absolute atomic E-state index is 0.0729. The lowest BCUT2D eigenvalue weighted by Gasteiger charge is -2.25. The van der Waals surface area contributed by atoms with Crippen LogP contribution in [-0.2, 0) is 63.3 Å². The van der Waals surface area contributed by atoms with Crippen LogP contribution in [0.4, 0.5) is 19.0 Å². The van der Waals surface area contributed by atoms with Crippen LogP contribution in [0.25, 0.3) is 11.0 Å². The predicted octanol–water partition coefficient (Wildman–Crippen LogP) is 3.09. The number of aliphatic hydroxyl groups is 2. The maximum absolute atomic E-state index is 13.6. The third-order valence-electron chi connectivity index (χ3n) is 10.7. The van der Waals surface area contributed by atoms with Crippen molar-refractivity contribution in [3.63, 3.8) is 0 Å². The lowest BCUT2D eigenvalue weighted by molar-refractivity contribution is -0.136. The minimum atomic E-state index is -4.49. The molecule has 1 aliphatic rings. The highest BCUT2D eigenvalue weighted by Gasteiger charge is 2.45. The number of nitrogens with two attached hydrogens (primary N) is 2. The zero-order chi connectivity index (χ0) is 56.5. The van der Waals surface area contributed by atoms with Crippen LogP contribution >= 0.6 is 42.4 Å². The third kappa shape index (κ3) is 22.4. The van der Waals surface area contributed by atoms with Gasteiger partial charge >= 0.3 is 13.6 Å². The van der Waals surface area contributed by atoms with Crippen molar-refractivity contribution in [3.05, 3.63) is 86.8 Å². The molecule has 0 amide bonds. The Hall–Kier alpha value is -4.11. The summed E-state index contributed by atoms with van der Waals surface area (Å²) in [7, 11) is -4.49. The average molecular weight is 1190 g/mol. The van der Waals surface area contributed by atoms with Crippen molar-refractivity contribution in [2.24, 2.45) is 11.6 Å². The number of anilines is 1. The van der Waals surface area contributed by atoms with Crippen LogP contribution in [0.3, 0.4) is 0 Å². The number of halogens is 6. The molecule has 8 N–H and O–H groups in total. The van der Waals surface area contributed by atoms with Gasteiger partial charge in [-0.2, -0.15) is 15.1 Å². The number of ether oxygens (including phenoxy) is 11. The number of benzene rings is 2. The van der Waals surface area contributed by atoms with Gasteiger partial charge in [-0.3, -0.25) is 9.36 Å². The summed E-state index contributed by atoms with van der Waals surface area (Å²) < 4.78 is 112. The molecule has 0 bridgehead atoms. The van der Waals surface area contributed by atoms with Gasteiger partial charge in [0.05, 0.1) is 143 Å². The number of esters is 1. The molecule has 78 heavy (non-hydrogen) atoms. The van der Waals surface area contributed by atoms with Crippen LogP contribution < -0.4 is 21.2 Å². The first-order valence-corrected chi connectivity index (χ1v) is 27.0. The van der Waals surface area contributed by atoms with Gasteiger partial charge in [-0.05, 0) is 23.7 Å². The second kappa shape index (κ2) is 34.2. The summed E-state index contributed by atoms with van der Waals surface area (Å²) in [6.45, 7) is 4.21. The molecule has 32 heteroatoms. The molecule has 0 radical (unpaired) electrons. The van der Waals surface area contributed by atoms with E-state index in [4.69, 9.17) is 104 Å². The molecule has 436 valence electrons. The predicted molar refractivity (Wildman–Crippen MR) is 273 cm³/mol. The van der Waals surface area contributed by atoms with E-state index in [9.17, 15) is 32.7 Å². The molecule has 0 aliphatic carbocycles. The van der Waals surface area contributed by atoms with Gasteiger partial charge < -0.3 is 87.7 Å². The summed E-state index contributed by atoms with van der Waals surface area (Å²) in [5.41, 5.74) is 7.16. The van der Waals surface area contributed by atoms with Crippen molar-refractivity contribution in [3.8, 4) is 5.75 Å². The van der Waals surface area contributed by atoms with E-state index in [0.29, 0.717) is 97.4 Å².